The van der Waals surface area contributed by atoms with Gasteiger partial charge in [0.05, 0.1) is 30.5 Å². The fourth-order valence-corrected chi connectivity index (χ4v) is 4.34. The lowest BCUT2D eigenvalue weighted by Crippen LogP contribution is -2.36. The molecule has 194 valence electrons. The van der Waals surface area contributed by atoms with Crippen LogP contribution in [0.5, 0.6) is 0 Å². The van der Waals surface area contributed by atoms with E-state index in [1.165, 1.54) is 28.8 Å². The van der Waals surface area contributed by atoms with Gasteiger partial charge in [0.2, 0.25) is 5.95 Å². The summed E-state index contributed by atoms with van der Waals surface area (Å²) in [6.45, 7) is 0.819. The van der Waals surface area contributed by atoms with Crippen LogP contribution in [0.1, 0.15) is 24.9 Å². The predicted molar refractivity (Wildman–Crippen MR) is 136 cm³/mol. The summed E-state index contributed by atoms with van der Waals surface area (Å²) in [6, 6.07) is 12.3. The number of aromatic nitrogens is 5. The SMILES string of the molecule is C.Nc1nc(-c2ccc(F)cc2)c(-c2ccc(=O)n(C3COC3)c2)c2nc(Cc3c(F)cccc3F)nn12. The maximum atomic E-state index is 14.3. The topological polar surface area (TPSA) is 100 Å². The number of nitrogens with zero attached hydrogens (tertiary/aromatic N) is 5. The van der Waals surface area contributed by atoms with Gasteiger partial charge in [0.25, 0.3) is 5.56 Å². The molecule has 4 heterocycles. The molecule has 0 saturated carbocycles. The molecule has 0 bridgehead atoms. The van der Waals surface area contributed by atoms with Gasteiger partial charge >= 0.3 is 0 Å². The van der Waals surface area contributed by atoms with E-state index >= 15 is 0 Å². The largest absolute Gasteiger partial charge is 0.377 e. The van der Waals surface area contributed by atoms with Gasteiger partial charge in [-0.05, 0) is 42.5 Å². The molecule has 11 heteroatoms. The van der Waals surface area contributed by atoms with E-state index in [2.05, 4.69) is 15.1 Å². The van der Waals surface area contributed by atoms with E-state index in [-0.39, 0.29) is 48.4 Å². The smallest absolute Gasteiger partial charge is 0.250 e. The molecule has 8 nitrogen and oxygen atoms in total. The Hall–Kier alpha value is -4.51. The number of hydrogen-bond acceptors (Lipinski definition) is 6. The van der Waals surface area contributed by atoms with Crippen LogP contribution in [0.15, 0.2) is 65.6 Å². The molecule has 0 radical (unpaired) electrons. The quantitative estimate of drug-likeness (QED) is 0.368. The third-order valence-electron chi connectivity index (χ3n) is 6.31. The van der Waals surface area contributed by atoms with Crippen molar-refractivity contribution in [3.8, 4) is 22.4 Å². The summed E-state index contributed by atoms with van der Waals surface area (Å²) in [5, 5.41) is 4.36. The van der Waals surface area contributed by atoms with E-state index in [1.54, 1.807) is 29.0 Å². The first-order valence-electron chi connectivity index (χ1n) is 11.4. The third kappa shape index (κ3) is 4.30. The molecule has 0 amide bonds. The van der Waals surface area contributed by atoms with Crippen LogP contribution in [0.2, 0.25) is 0 Å². The minimum absolute atomic E-state index is 0. The van der Waals surface area contributed by atoms with Crippen molar-refractivity contribution in [3.63, 3.8) is 0 Å². The molecule has 38 heavy (non-hydrogen) atoms. The van der Waals surface area contributed by atoms with Crippen LogP contribution in [0.3, 0.4) is 0 Å². The molecule has 3 aromatic heterocycles. The van der Waals surface area contributed by atoms with Gasteiger partial charge in [-0.15, -0.1) is 5.10 Å². The highest BCUT2D eigenvalue weighted by molar-refractivity contribution is 5.90. The zero-order chi connectivity index (χ0) is 25.7. The molecule has 6 rings (SSSR count). The molecular formula is C27H23F3N6O2. The summed E-state index contributed by atoms with van der Waals surface area (Å²) < 4.78 is 50.4. The monoisotopic (exact) mass is 520 g/mol. The van der Waals surface area contributed by atoms with Crippen molar-refractivity contribution in [1.82, 2.24) is 24.1 Å². The lowest BCUT2D eigenvalue weighted by atomic mass is 10.0. The highest BCUT2D eigenvalue weighted by Crippen LogP contribution is 2.35. The number of benzene rings is 2. The normalized spacial score (nSPS) is 13.3. The van der Waals surface area contributed by atoms with Crippen LogP contribution in [0.4, 0.5) is 19.1 Å². The molecule has 5 aromatic rings. The molecule has 0 aliphatic carbocycles. The van der Waals surface area contributed by atoms with Crippen molar-refractivity contribution >= 4 is 11.6 Å². The summed E-state index contributed by atoms with van der Waals surface area (Å²) in [4.78, 5) is 21.6. The Morgan fingerprint density at radius 2 is 1.63 bits per heavy atom. The van der Waals surface area contributed by atoms with E-state index in [9.17, 15) is 18.0 Å². The van der Waals surface area contributed by atoms with Crippen LogP contribution >= 0.6 is 0 Å². The lowest BCUT2D eigenvalue weighted by molar-refractivity contribution is -0.0247. The van der Waals surface area contributed by atoms with E-state index in [4.69, 9.17) is 10.5 Å². The predicted octanol–water partition coefficient (Wildman–Crippen LogP) is 4.42. The second kappa shape index (κ2) is 9.75. The second-order valence-electron chi connectivity index (χ2n) is 8.70. The number of fused-ring (bicyclic) bond motifs is 1. The van der Waals surface area contributed by atoms with Gasteiger partial charge < -0.3 is 15.0 Å². The maximum absolute atomic E-state index is 14.3. The van der Waals surface area contributed by atoms with Gasteiger partial charge in [0.15, 0.2) is 11.5 Å². The number of nitrogens with two attached hydrogens (primary N) is 1. The van der Waals surface area contributed by atoms with Gasteiger partial charge in [0, 0.05) is 35.4 Å². The van der Waals surface area contributed by atoms with Crippen molar-refractivity contribution in [3.05, 3.63) is 100.0 Å². The molecular weight excluding hydrogens is 497 g/mol. The number of nitrogen functional groups attached to an aromatic ring is 1. The van der Waals surface area contributed by atoms with Crippen LogP contribution in [0.25, 0.3) is 28.0 Å². The lowest BCUT2D eigenvalue weighted by Gasteiger charge is -2.28. The van der Waals surface area contributed by atoms with Crippen LogP contribution < -0.4 is 11.3 Å². The molecule has 0 spiro atoms. The van der Waals surface area contributed by atoms with E-state index in [0.717, 1.165) is 12.1 Å². The molecule has 1 aliphatic rings. The fraction of sp³-hybridized carbons (Fsp3) is 0.185. The standard InChI is InChI=1S/C26H19F3N6O2.CH4/c27-16-7-4-14(5-8-16)24-23(15-6-9-22(36)34(11-15)17-12-37-13-17)25-31-21(33-35(25)26(30)32-24)10-18-19(28)2-1-3-20(18)29;/h1-9,11,17H,10,12-13H2,(H2,30,32);1H4. The van der Waals surface area contributed by atoms with Crippen LogP contribution in [-0.4, -0.2) is 37.4 Å². The van der Waals surface area contributed by atoms with E-state index < -0.39 is 17.5 Å². The Labute approximate surface area is 215 Å². The Bertz CT molecular complexity index is 1690. The average Bonchev–Trinajstić information content (AvgIpc) is 3.27. The third-order valence-corrected chi connectivity index (χ3v) is 6.31. The van der Waals surface area contributed by atoms with Crippen molar-refractivity contribution in [2.45, 2.75) is 19.9 Å². The zero-order valence-electron chi connectivity index (χ0n) is 19.2. The Balaban J connectivity index is 0.00000294. The number of ether oxygens (including phenoxy) is 1. The summed E-state index contributed by atoms with van der Waals surface area (Å²) in [5.41, 5.74) is 8.12. The summed E-state index contributed by atoms with van der Waals surface area (Å²) in [5.74, 6) is -1.75. The first kappa shape index (κ1) is 25.2. The van der Waals surface area contributed by atoms with Crippen LogP contribution in [0, 0.1) is 17.5 Å². The summed E-state index contributed by atoms with van der Waals surface area (Å²) >= 11 is 0. The van der Waals surface area contributed by atoms with Crippen molar-refractivity contribution < 1.29 is 17.9 Å². The molecule has 1 saturated heterocycles. The maximum Gasteiger partial charge on any atom is 0.250 e. The highest BCUT2D eigenvalue weighted by atomic mass is 19.1. The van der Waals surface area contributed by atoms with Gasteiger partial charge in [-0.1, -0.05) is 13.5 Å². The molecule has 2 aromatic carbocycles. The first-order valence-corrected chi connectivity index (χ1v) is 11.4. The van der Waals surface area contributed by atoms with Gasteiger partial charge in [-0.3, -0.25) is 4.79 Å². The van der Waals surface area contributed by atoms with Crippen LogP contribution in [-0.2, 0) is 11.2 Å². The first-order chi connectivity index (χ1) is 17.9. The van der Waals surface area contributed by atoms with Gasteiger partial charge in [0.1, 0.15) is 17.5 Å². The molecule has 0 unspecified atom stereocenters. The minimum atomic E-state index is -0.716. The van der Waals surface area contributed by atoms with E-state index in [0.29, 0.717) is 35.6 Å². The fourth-order valence-electron chi connectivity index (χ4n) is 4.34. The zero-order valence-corrected chi connectivity index (χ0v) is 19.2. The van der Waals surface area contributed by atoms with Crippen molar-refractivity contribution in [1.29, 1.82) is 0 Å². The molecule has 1 fully saturated rings. The van der Waals surface area contributed by atoms with Crippen molar-refractivity contribution in [2.24, 2.45) is 0 Å². The number of hydrogen-bond donors (Lipinski definition) is 1. The average molecular weight is 521 g/mol. The van der Waals surface area contributed by atoms with Gasteiger partial charge in [-0.25, -0.2) is 23.1 Å². The molecule has 2 N–H and O–H groups in total. The van der Waals surface area contributed by atoms with Crippen molar-refractivity contribution in [2.75, 3.05) is 18.9 Å². The Kier molecular flexibility index (Phi) is 6.45. The summed E-state index contributed by atoms with van der Waals surface area (Å²) in [7, 11) is 0. The Morgan fingerprint density at radius 1 is 0.947 bits per heavy atom. The Morgan fingerprint density at radius 3 is 2.29 bits per heavy atom. The second-order valence-corrected chi connectivity index (χ2v) is 8.70. The minimum Gasteiger partial charge on any atom is -0.377 e. The molecule has 0 atom stereocenters. The molecule has 1 aliphatic heterocycles. The summed E-state index contributed by atoms with van der Waals surface area (Å²) in [6.07, 6.45) is 1.46. The number of rotatable bonds is 5. The number of pyridine rings is 1. The van der Waals surface area contributed by atoms with E-state index in [1.807, 2.05) is 0 Å². The van der Waals surface area contributed by atoms with Gasteiger partial charge in [-0.2, -0.15) is 4.52 Å². The number of halogens is 3. The number of anilines is 1. The highest BCUT2D eigenvalue weighted by Gasteiger charge is 2.25.